The molecule has 0 spiro atoms. The first kappa shape index (κ1) is 17.3. The molecule has 3 nitrogen and oxygen atoms in total. The van der Waals surface area contributed by atoms with Gasteiger partial charge in [0.25, 0.3) is 0 Å². The van der Waals surface area contributed by atoms with E-state index in [1.54, 1.807) is 0 Å². The summed E-state index contributed by atoms with van der Waals surface area (Å²) in [5.41, 5.74) is 2.38. The van der Waals surface area contributed by atoms with Gasteiger partial charge in [-0.15, -0.1) is 12.4 Å². The molecule has 0 saturated carbocycles. The first-order chi connectivity index (χ1) is 9.16. The fourth-order valence-corrected chi connectivity index (χ4v) is 2.56. The highest BCUT2D eigenvalue weighted by Crippen LogP contribution is 2.20. The number of aliphatic hydroxyl groups is 1. The molecule has 0 bridgehead atoms. The fourth-order valence-electron chi connectivity index (χ4n) is 2.56. The Balaban J connectivity index is 0.00000200. The summed E-state index contributed by atoms with van der Waals surface area (Å²) in [7, 11) is 0. The van der Waals surface area contributed by atoms with Crippen LogP contribution in [-0.4, -0.2) is 42.4 Å². The van der Waals surface area contributed by atoms with E-state index >= 15 is 0 Å². The second-order valence-electron chi connectivity index (χ2n) is 5.52. The number of likely N-dealkylation sites (tertiary alicyclic amines) is 1. The maximum Gasteiger partial charge on any atom is 0.122 e. The minimum absolute atomic E-state index is 0. The number of nitrogens with zero attached hydrogens (tertiary/aromatic N) is 1. The maximum atomic E-state index is 10.1. The summed E-state index contributed by atoms with van der Waals surface area (Å²) in [6, 6.07) is 6.04. The van der Waals surface area contributed by atoms with Crippen LogP contribution in [0.2, 0.25) is 0 Å². The van der Waals surface area contributed by atoms with E-state index in [1.807, 2.05) is 12.1 Å². The van der Waals surface area contributed by atoms with Crippen molar-refractivity contribution in [3.8, 4) is 5.75 Å². The average Bonchev–Trinajstić information content (AvgIpc) is 2.42. The molecule has 20 heavy (non-hydrogen) atoms. The lowest BCUT2D eigenvalue weighted by molar-refractivity contribution is 0.0615. The molecule has 1 aromatic carbocycles. The van der Waals surface area contributed by atoms with Crippen molar-refractivity contribution in [1.29, 1.82) is 0 Å². The van der Waals surface area contributed by atoms with Crippen LogP contribution in [0, 0.1) is 13.8 Å². The number of rotatable bonds is 5. The summed E-state index contributed by atoms with van der Waals surface area (Å²) in [4.78, 5) is 2.33. The van der Waals surface area contributed by atoms with Crippen LogP contribution < -0.4 is 4.74 Å². The Labute approximate surface area is 128 Å². The monoisotopic (exact) mass is 299 g/mol. The molecular weight excluding hydrogens is 274 g/mol. The third-order valence-corrected chi connectivity index (χ3v) is 3.90. The van der Waals surface area contributed by atoms with Crippen molar-refractivity contribution < 1.29 is 9.84 Å². The lowest BCUT2D eigenvalue weighted by Gasteiger charge is -2.28. The van der Waals surface area contributed by atoms with E-state index in [9.17, 15) is 5.11 Å². The number of piperidine rings is 1. The Kier molecular flexibility index (Phi) is 7.35. The van der Waals surface area contributed by atoms with Crippen LogP contribution in [0.25, 0.3) is 0 Å². The number of hydrogen-bond acceptors (Lipinski definition) is 3. The molecule has 1 aliphatic rings. The largest absolute Gasteiger partial charge is 0.491 e. The summed E-state index contributed by atoms with van der Waals surface area (Å²) >= 11 is 0. The molecule has 0 aliphatic carbocycles. The zero-order chi connectivity index (χ0) is 13.7. The van der Waals surface area contributed by atoms with E-state index in [1.165, 1.54) is 24.8 Å². The highest BCUT2D eigenvalue weighted by atomic mass is 35.5. The van der Waals surface area contributed by atoms with Gasteiger partial charge in [-0.1, -0.05) is 18.6 Å². The van der Waals surface area contributed by atoms with Gasteiger partial charge in [0.05, 0.1) is 0 Å². The van der Waals surface area contributed by atoms with Crippen LogP contribution in [0.15, 0.2) is 18.2 Å². The lowest BCUT2D eigenvalue weighted by atomic mass is 10.1. The van der Waals surface area contributed by atoms with Gasteiger partial charge in [0.1, 0.15) is 18.5 Å². The Bertz CT molecular complexity index is 405. The molecule has 0 radical (unpaired) electrons. The number of β-amino-alcohol motifs (C(OH)–C–C–N with tert-alkyl or cyclic N) is 1. The fraction of sp³-hybridized carbons (Fsp3) is 0.625. The minimum atomic E-state index is -0.405. The van der Waals surface area contributed by atoms with Crippen LogP contribution >= 0.6 is 12.4 Å². The highest BCUT2D eigenvalue weighted by Gasteiger charge is 2.15. The van der Waals surface area contributed by atoms with E-state index in [2.05, 4.69) is 24.8 Å². The molecule has 1 fully saturated rings. The third kappa shape index (κ3) is 4.97. The van der Waals surface area contributed by atoms with Crippen molar-refractivity contribution in [1.82, 2.24) is 4.90 Å². The number of benzene rings is 1. The summed E-state index contributed by atoms with van der Waals surface area (Å²) in [5, 5.41) is 10.1. The van der Waals surface area contributed by atoms with Gasteiger partial charge in [-0.3, -0.25) is 0 Å². The standard InChI is InChI=1S/C16H25NO2.ClH/c1-13-7-6-8-16(14(13)2)19-12-15(18)11-17-9-4-3-5-10-17;/h6-8,15,18H,3-5,9-12H2,1-2H3;1H. The van der Waals surface area contributed by atoms with Gasteiger partial charge in [0, 0.05) is 6.54 Å². The van der Waals surface area contributed by atoms with Gasteiger partial charge < -0.3 is 14.7 Å². The quantitative estimate of drug-likeness (QED) is 0.907. The maximum absolute atomic E-state index is 10.1. The third-order valence-electron chi connectivity index (χ3n) is 3.90. The number of aliphatic hydroxyl groups excluding tert-OH is 1. The second kappa shape index (κ2) is 8.50. The lowest BCUT2D eigenvalue weighted by Crippen LogP contribution is -2.38. The number of ether oxygens (including phenoxy) is 1. The van der Waals surface area contributed by atoms with Gasteiger partial charge in [-0.2, -0.15) is 0 Å². The van der Waals surface area contributed by atoms with E-state index in [0.717, 1.165) is 30.9 Å². The molecule has 114 valence electrons. The van der Waals surface area contributed by atoms with E-state index in [0.29, 0.717) is 6.61 Å². The Morgan fingerprint density at radius 1 is 1.20 bits per heavy atom. The van der Waals surface area contributed by atoms with Gasteiger partial charge in [0.2, 0.25) is 0 Å². The molecule has 1 heterocycles. The van der Waals surface area contributed by atoms with Gasteiger partial charge in [-0.05, 0) is 57.0 Å². The number of halogens is 1. The molecule has 0 aromatic heterocycles. The first-order valence-electron chi connectivity index (χ1n) is 7.26. The van der Waals surface area contributed by atoms with Crippen LogP contribution in [0.5, 0.6) is 5.75 Å². The van der Waals surface area contributed by atoms with Crippen molar-refractivity contribution in [2.45, 2.75) is 39.2 Å². The van der Waals surface area contributed by atoms with Gasteiger partial charge >= 0.3 is 0 Å². The normalized spacial score (nSPS) is 17.4. The predicted molar refractivity (Wildman–Crippen MR) is 85.0 cm³/mol. The van der Waals surface area contributed by atoms with Crippen LogP contribution in [0.4, 0.5) is 0 Å². The summed E-state index contributed by atoms with van der Waals surface area (Å²) in [5.74, 6) is 0.887. The highest BCUT2D eigenvalue weighted by molar-refractivity contribution is 5.85. The zero-order valence-electron chi connectivity index (χ0n) is 12.5. The molecule has 1 aliphatic heterocycles. The van der Waals surface area contributed by atoms with Crippen molar-refractivity contribution in [2.75, 3.05) is 26.2 Å². The van der Waals surface area contributed by atoms with E-state index < -0.39 is 6.10 Å². The molecule has 1 N–H and O–H groups in total. The second-order valence-corrected chi connectivity index (χ2v) is 5.52. The molecule has 1 aromatic rings. The Morgan fingerprint density at radius 2 is 1.90 bits per heavy atom. The smallest absolute Gasteiger partial charge is 0.122 e. The topological polar surface area (TPSA) is 32.7 Å². The van der Waals surface area contributed by atoms with Crippen LogP contribution in [0.3, 0.4) is 0 Å². The SMILES string of the molecule is Cc1cccc(OCC(O)CN2CCCCC2)c1C.Cl. The van der Waals surface area contributed by atoms with E-state index in [-0.39, 0.29) is 12.4 Å². The van der Waals surface area contributed by atoms with E-state index in [4.69, 9.17) is 4.74 Å². The summed E-state index contributed by atoms with van der Waals surface area (Å²) in [6.07, 6.45) is 3.43. The summed E-state index contributed by atoms with van der Waals surface area (Å²) in [6.45, 7) is 7.46. The van der Waals surface area contributed by atoms with Crippen molar-refractivity contribution >= 4 is 12.4 Å². The molecule has 1 unspecified atom stereocenters. The average molecular weight is 300 g/mol. The van der Waals surface area contributed by atoms with Crippen molar-refractivity contribution in [3.05, 3.63) is 29.3 Å². The molecule has 4 heteroatoms. The Morgan fingerprint density at radius 3 is 2.60 bits per heavy atom. The van der Waals surface area contributed by atoms with Crippen LogP contribution in [0.1, 0.15) is 30.4 Å². The van der Waals surface area contributed by atoms with Crippen molar-refractivity contribution in [3.63, 3.8) is 0 Å². The van der Waals surface area contributed by atoms with Crippen LogP contribution in [-0.2, 0) is 0 Å². The molecule has 1 saturated heterocycles. The summed E-state index contributed by atoms with van der Waals surface area (Å²) < 4.78 is 5.74. The van der Waals surface area contributed by atoms with Gasteiger partial charge in [-0.25, -0.2) is 0 Å². The first-order valence-corrected chi connectivity index (χ1v) is 7.26. The number of hydrogen-bond donors (Lipinski definition) is 1. The number of aryl methyl sites for hydroxylation is 1. The minimum Gasteiger partial charge on any atom is -0.491 e. The van der Waals surface area contributed by atoms with Crippen molar-refractivity contribution in [2.24, 2.45) is 0 Å². The zero-order valence-corrected chi connectivity index (χ0v) is 13.3. The molecule has 2 rings (SSSR count). The Hall–Kier alpha value is -0.770. The predicted octanol–water partition coefficient (Wildman–Crippen LogP) is 2.95. The van der Waals surface area contributed by atoms with Gasteiger partial charge in [0.15, 0.2) is 0 Å². The molecule has 1 atom stereocenters. The molecular formula is C16H26ClNO2. The molecule has 0 amide bonds.